The molecule has 0 radical (unpaired) electrons. The van der Waals surface area contributed by atoms with Gasteiger partial charge in [-0.3, -0.25) is 4.79 Å². The van der Waals surface area contributed by atoms with Gasteiger partial charge in [-0.25, -0.2) is 0 Å². The number of aliphatic hydroxyl groups excluding tert-OH is 1. The van der Waals surface area contributed by atoms with E-state index < -0.39 is 0 Å². The average Bonchev–Trinajstić information content (AvgIpc) is 2.86. The Hall–Kier alpha value is -0.650. The normalized spacial score (nSPS) is 22.7. The maximum Gasteiger partial charge on any atom is 0.222 e. The van der Waals surface area contributed by atoms with Crippen molar-refractivity contribution in [2.75, 3.05) is 52.9 Å². The monoisotopic (exact) mass is 311 g/mol. The first kappa shape index (κ1) is 17.7. The highest BCUT2D eigenvalue weighted by Gasteiger charge is 2.22. The van der Waals surface area contributed by atoms with E-state index in [2.05, 4.69) is 16.8 Å². The molecule has 5 heteroatoms. The molecule has 2 saturated heterocycles. The Balaban J connectivity index is 1.56. The van der Waals surface area contributed by atoms with Gasteiger partial charge in [-0.15, -0.1) is 0 Å². The standard InChI is InChI=1S/C17H33N3O2/c1-15(21)13-19-11-6-16(7-12-19)14-18(2)8-4-10-20-9-3-5-17(20)22/h15-16,21H,3-14H2,1-2H3. The van der Waals surface area contributed by atoms with Crippen molar-refractivity contribution in [2.24, 2.45) is 5.92 Å². The second-order valence-electron chi connectivity index (χ2n) is 7.19. The fraction of sp³-hybridized carbons (Fsp3) is 0.941. The van der Waals surface area contributed by atoms with Crippen LogP contribution >= 0.6 is 0 Å². The zero-order valence-electron chi connectivity index (χ0n) is 14.3. The van der Waals surface area contributed by atoms with Gasteiger partial charge in [0, 0.05) is 32.6 Å². The molecule has 2 rings (SSSR count). The minimum Gasteiger partial charge on any atom is -0.392 e. The first-order valence-electron chi connectivity index (χ1n) is 8.91. The summed E-state index contributed by atoms with van der Waals surface area (Å²) in [7, 11) is 2.20. The van der Waals surface area contributed by atoms with Crippen molar-refractivity contribution in [3.8, 4) is 0 Å². The Morgan fingerprint density at radius 3 is 2.64 bits per heavy atom. The summed E-state index contributed by atoms with van der Waals surface area (Å²) in [6, 6.07) is 0. The fourth-order valence-electron chi connectivity index (χ4n) is 3.73. The summed E-state index contributed by atoms with van der Waals surface area (Å²) in [4.78, 5) is 18.4. The molecule has 2 aliphatic rings. The Labute approximate surface area is 135 Å². The van der Waals surface area contributed by atoms with E-state index >= 15 is 0 Å². The summed E-state index contributed by atoms with van der Waals surface area (Å²) in [6.07, 6.45) is 5.14. The van der Waals surface area contributed by atoms with Crippen LogP contribution in [0, 0.1) is 5.92 Å². The van der Waals surface area contributed by atoms with Gasteiger partial charge in [-0.05, 0) is 65.2 Å². The lowest BCUT2D eigenvalue weighted by atomic mass is 9.96. The third-order valence-electron chi connectivity index (χ3n) is 4.94. The quantitative estimate of drug-likeness (QED) is 0.727. The van der Waals surface area contributed by atoms with Crippen LogP contribution in [0.15, 0.2) is 0 Å². The predicted octanol–water partition coefficient (Wildman–Crippen LogP) is 1.02. The summed E-state index contributed by atoms with van der Waals surface area (Å²) in [6.45, 7) is 9.04. The van der Waals surface area contributed by atoms with Gasteiger partial charge in [-0.2, -0.15) is 0 Å². The molecule has 0 saturated carbocycles. The number of hydrogen-bond acceptors (Lipinski definition) is 4. The van der Waals surface area contributed by atoms with Crippen LogP contribution in [-0.2, 0) is 4.79 Å². The van der Waals surface area contributed by atoms with E-state index in [4.69, 9.17) is 0 Å². The molecule has 0 aliphatic carbocycles. The van der Waals surface area contributed by atoms with E-state index in [0.717, 1.165) is 71.0 Å². The van der Waals surface area contributed by atoms with E-state index in [1.165, 1.54) is 12.8 Å². The minimum atomic E-state index is -0.215. The molecule has 22 heavy (non-hydrogen) atoms. The summed E-state index contributed by atoms with van der Waals surface area (Å²) >= 11 is 0. The number of likely N-dealkylation sites (tertiary alicyclic amines) is 2. The Morgan fingerprint density at radius 1 is 1.32 bits per heavy atom. The number of carbonyl (C=O) groups excluding carboxylic acids is 1. The van der Waals surface area contributed by atoms with E-state index in [-0.39, 0.29) is 6.10 Å². The maximum atomic E-state index is 11.6. The largest absolute Gasteiger partial charge is 0.392 e. The van der Waals surface area contributed by atoms with Crippen molar-refractivity contribution in [1.82, 2.24) is 14.7 Å². The highest BCUT2D eigenvalue weighted by molar-refractivity contribution is 5.77. The van der Waals surface area contributed by atoms with Gasteiger partial charge in [0.2, 0.25) is 5.91 Å². The van der Waals surface area contributed by atoms with Crippen molar-refractivity contribution in [1.29, 1.82) is 0 Å². The topological polar surface area (TPSA) is 47.0 Å². The lowest BCUT2D eigenvalue weighted by molar-refractivity contribution is -0.127. The average molecular weight is 311 g/mol. The summed E-state index contributed by atoms with van der Waals surface area (Å²) in [5.74, 6) is 1.12. The molecule has 0 bridgehead atoms. The third kappa shape index (κ3) is 5.86. The van der Waals surface area contributed by atoms with Crippen molar-refractivity contribution >= 4 is 5.91 Å². The number of piperidine rings is 1. The molecular formula is C17H33N3O2. The lowest BCUT2D eigenvalue weighted by Gasteiger charge is -2.34. The van der Waals surface area contributed by atoms with E-state index in [1.807, 2.05) is 11.8 Å². The molecule has 2 aliphatic heterocycles. The molecule has 0 aromatic heterocycles. The van der Waals surface area contributed by atoms with Crippen molar-refractivity contribution in [3.05, 3.63) is 0 Å². The van der Waals surface area contributed by atoms with E-state index in [9.17, 15) is 9.90 Å². The molecule has 1 atom stereocenters. The van der Waals surface area contributed by atoms with Crippen molar-refractivity contribution in [2.45, 2.75) is 45.1 Å². The molecule has 1 unspecified atom stereocenters. The molecule has 5 nitrogen and oxygen atoms in total. The Kier molecular flexibility index (Phi) is 7.12. The van der Waals surface area contributed by atoms with Crippen LogP contribution < -0.4 is 0 Å². The summed E-state index contributed by atoms with van der Waals surface area (Å²) < 4.78 is 0. The van der Waals surface area contributed by atoms with Crippen LogP contribution in [-0.4, -0.2) is 84.7 Å². The van der Waals surface area contributed by atoms with Crippen LogP contribution in [0.1, 0.15) is 39.0 Å². The Bertz CT molecular complexity index is 341. The second-order valence-corrected chi connectivity index (χ2v) is 7.19. The maximum absolute atomic E-state index is 11.6. The molecule has 0 aromatic rings. The molecule has 0 aromatic carbocycles. The van der Waals surface area contributed by atoms with Gasteiger partial charge in [0.05, 0.1) is 6.10 Å². The van der Waals surface area contributed by atoms with Crippen LogP contribution in [0.25, 0.3) is 0 Å². The van der Waals surface area contributed by atoms with E-state index in [1.54, 1.807) is 0 Å². The van der Waals surface area contributed by atoms with Crippen molar-refractivity contribution < 1.29 is 9.90 Å². The second kappa shape index (κ2) is 8.85. The highest BCUT2D eigenvalue weighted by atomic mass is 16.3. The third-order valence-corrected chi connectivity index (χ3v) is 4.94. The van der Waals surface area contributed by atoms with Gasteiger partial charge in [0.1, 0.15) is 0 Å². The van der Waals surface area contributed by atoms with Crippen LogP contribution in [0.2, 0.25) is 0 Å². The Morgan fingerprint density at radius 2 is 2.05 bits per heavy atom. The van der Waals surface area contributed by atoms with Crippen LogP contribution in [0.4, 0.5) is 0 Å². The number of carbonyl (C=O) groups is 1. The molecule has 128 valence electrons. The molecule has 0 spiro atoms. The molecule has 1 amide bonds. The first-order chi connectivity index (χ1) is 10.5. The number of β-amino-alcohol motifs (C(OH)–C–C–N with tert-alkyl or cyclic N) is 1. The fourth-order valence-corrected chi connectivity index (χ4v) is 3.73. The van der Waals surface area contributed by atoms with Gasteiger partial charge in [0.15, 0.2) is 0 Å². The first-order valence-corrected chi connectivity index (χ1v) is 8.91. The predicted molar refractivity (Wildman–Crippen MR) is 88.8 cm³/mol. The number of hydrogen-bond donors (Lipinski definition) is 1. The number of rotatable bonds is 8. The molecular weight excluding hydrogens is 278 g/mol. The zero-order valence-corrected chi connectivity index (χ0v) is 14.3. The number of amides is 1. The molecule has 2 fully saturated rings. The minimum absolute atomic E-state index is 0.215. The number of aliphatic hydroxyl groups is 1. The SMILES string of the molecule is CC(O)CN1CCC(CN(C)CCCN2CCCC2=O)CC1. The van der Waals surface area contributed by atoms with Gasteiger partial charge in [-0.1, -0.05) is 0 Å². The number of nitrogens with zero attached hydrogens (tertiary/aromatic N) is 3. The van der Waals surface area contributed by atoms with Crippen LogP contribution in [0.3, 0.4) is 0 Å². The van der Waals surface area contributed by atoms with Crippen molar-refractivity contribution in [3.63, 3.8) is 0 Å². The zero-order chi connectivity index (χ0) is 15.9. The smallest absolute Gasteiger partial charge is 0.222 e. The summed E-state index contributed by atoms with van der Waals surface area (Å²) in [5, 5.41) is 9.44. The molecule has 1 N–H and O–H groups in total. The van der Waals surface area contributed by atoms with Gasteiger partial charge >= 0.3 is 0 Å². The van der Waals surface area contributed by atoms with Gasteiger partial charge < -0.3 is 19.8 Å². The molecule has 2 heterocycles. The van der Waals surface area contributed by atoms with E-state index in [0.29, 0.717) is 5.91 Å². The van der Waals surface area contributed by atoms with Crippen LogP contribution in [0.5, 0.6) is 0 Å². The highest BCUT2D eigenvalue weighted by Crippen LogP contribution is 2.18. The summed E-state index contributed by atoms with van der Waals surface area (Å²) in [5.41, 5.74) is 0. The lowest BCUT2D eigenvalue weighted by Crippen LogP contribution is -2.41. The van der Waals surface area contributed by atoms with Gasteiger partial charge in [0.25, 0.3) is 0 Å².